The second-order valence-corrected chi connectivity index (χ2v) is 10.4. The van der Waals surface area contributed by atoms with Crippen LogP contribution in [-0.4, -0.2) is 111 Å². The highest BCUT2D eigenvalue weighted by Crippen LogP contribution is 2.10. The lowest BCUT2D eigenvalue weighted by Crippen LogP contribution is -2.46. The molecular formula is C28H59N5O2. The maximum Gasteiger partial charge on any atom is 0.209 e. The van der Waals surface area contributed by atoms with Gasteiger partial charge >= 0.3 is 0 Å². The number of unbranched alkanes of at least 4 members (excludes halogenated alkanes) is 10. The fourth-order valence-corrected chi connectivity index (χ4v) is 4.86. The number of nitrogens with one attached hydrogen (secondary N) is 2. The lowest BCUT2D eigenvalue weighted by molar-refractivity contribution is -0.118. The van der Waals surface area contributed by atoms with Gasteiger partial charge < -0.3 is 25.5 Å². The third-order valence-corrected chi connectivity index (χ3v) is 7.10. The second-order valence-electron chi connectivity index (χ2n) is 10.4. The van der Waals surface area contributed by atoms with Crippen LogP contribution in [0.25, 0.3) is 0 Å². The Bertz CT molecular complexity index is 439. The van der Waals surface area contributed by atoms with Crippen molar-refractivity contribution in [2.75, 3.05) is 78.5 Å². The lowest BCUT2D eigenvalue weighted by Gasteiger charge is -2.30. The average Bonchev–Trinajstić information content (AvgIpc) is 2.84. The molecule has 0 aromatic carbocycles. The number of aliphatic hydroxyl groups is 1. The first-order valence-corrected chi connectivity index (χ1v) is 14.9. The summed E-state index contributed by atoms with van der Waals surface area (Å²) in [5.74, 6) is 0. The summed E-state index contributed by atoms with van der Waals surface area (Å²) in [6.07, 6.45) is 16.5. The Hall–Kier alpha value is -0.730. The molecule has 0 aromatic rings. The molecule has 0 bridgehead atoms. The fraction of sp³-hybridized carbons (Fsp3) is 0.964. The maximum absolute atomic E-state index is 11.1. The molecule has 0 aliphatic carbocycles. The third-order valence-electron chi connectivity index (χ3n) is 7.10. The van der Waals surface area contributed by atoms with Gasteiger partial charge in [0.1, 0.15) is 0 Å². The van der Waals surface area contributed by atoms with Crippen molar-refractivity contribution in [3.05, 3.63) is 0 Å². The van der Waals surface area contributed by atoms with Crippen LogP contribution in [-0.2, 0) is 4.79 Å². The normalized spacial score (nSPS) is 17.8. The molecule has 1 heterocycles. The van der Waals surface area contributed by atoms with Crippen molar-refractivity contribution in [3.8, 4) is 0 Å². The number of amides is 1. The van der Waals surface area contributed by atoms with E-state index in [9.17, 15) is 9.90 Å². The fourth-order valence-electron chi connectivity index (χ4n) is 4.86. The SMILES string of the molecule is CCCCCCCCN(CCCCCCCC)CC(O)CN1CCNCCN(C=O)CCNCC1. The zero-order valence-electron chi connectivity index (χ0n) is 23.3. The summed E-state index contributed by atoms with van der Waals surface area (Å²) in [6.45, 7) is 15.1. The quantitative estimate of drug-likeness (QED) is 0.188. The van der Waals surface area contributed by atoms with Crippen LogP contribution in [0.4, 0.5) is 0 Å². The highest BCUT2D eigenvalue weighted by Gasteiger charge is 2.16. The molecule has 1 unspecified atom stereocenters. The van der Waals surface area contributed by atoms with Crippen molar-refractivity contribution in [1.29, 1.82) is 0 Å². The van der Waals surface area contributed by atoms with Crippen molar-refractivity contribution in [3.63, 3.8) is 0 Å². The molecule has 0 aromatic heterocycles. The van der Waals surface area contributed by atoms with Crippen LogP contribution in [0.2, 0.25) is 0 Å². The molecule has 208 valence electrons. The molecule has 7 nitrogen and oxygen atoms in total. The molecule has 1 atom stereocenters. The van der Waals surface area contributed by atoms with Gasteiger partial charge in [-0.1, -0.05) is 78.1 Å². The summed E-state index contributed by atoms with van der Waals surface area (Å²) < 4.78 is 0. The molecule has 7 heteroatoms. The predicted molar refractivity (Wildman–Crippen MR) is 149 cm³/mol. The smallest absolute Gasteiger partial charge is 0.209 e. The van der Waals surface area contributed by atoms with Crippen molar-refractivity contribution < 1.29 is 9.90 Å². The topological polar surface area (TPSA) is 71.1 Å². The van der Waals surface area contributed by atoms with E-state index in [0.717, 1.165) is 84.9 Å². The number of hydrogen-bond donors (Lipinski definition) is 3. The molecule has 1 amide bonds. The highest BCUT2D eigenvalue weighted by atomic mass is 16.3. The molecule has 1 saturated heterocycles. The minimum atomic E-state index is -0.311. The Morgan fingerprint density at radius 1 is 0.743 bits per heavy atom. The van der Waals surface area contributed by atoms with E-state index < -0.39 is 0 Å². The number of hydrogen-bond acceptors (Lipinski definition) is 6. The van der Waals surface area contributed by atoms with E-state index in [-0.39, 0.29) is 6.10 Å². The average molecular weight is 498 g/mol. The number of rotatable bonds is 19. The van der Waals surface area contributed by atoms with Crippen molar-refractivity contribution in [1.82, 2.24) is 25.3 Å². The molecule has 0 saturated carbocycles. The molecule has 1 fully saturated rings. The van der Waals surface area contributed by atoms with Crippen molar-refractivity contribution in [2.45, 2.75) is 97.0 Å². The largest absolute Gasteiger partial charge is 0.390 e. The number of aliphatic hydroxyl groups excluding tert-OH is 1. The summed E-state index contributed by atoms with van der Waals surface area (Å²) in [5.41, 5.74) is 0. The maximum atomic E-state index is 11.1. The first kappa shape index (κ1) is 32.3. The number of carbonyl (C=O) groups is 1. The summed E-state index contributed by atoms with van der Waals surface area (Å²) in [4.78, 5) is 17.9. The van der Waals surface area contributed by atoms with Crippen LogP contribution in [0, 0.1) is 0 Å². The Balaban J connectivity index is 2.43. The monoisotopic (exact) mass is 497 g/mol. The molecular weight excluding hydrogens is 438 g/mol. The van der Waals surface area contributed by atoms with E-state index in [4.69, 9.17) is 0 Å². The van der Waals surface area contributed by atoms with Gasteiger partial charge in [0.05, 0.1) is 6.10 Å². The minimum absolute atomic E-state index is 0.311. The van der Waals surface area contributed by atoms with Crippen LogP contribution < -0.4 is 10.6 Å². The summed E-state index contributed by atoms with van der Waals surface area (Å²) in [5, 5.41) is 17.9. The van der Waals surface area contributed by atoms with Gasteiger partial charge in [-0.05, 0) is 25.9 Å². The van der Waals surface area contributed by atoms with Crippen LogP contribution in [0.15, 0.2) is 0 Å². The number of nitrogens with zero attached hydrogens (tertiary/aromatic N) is 3. The molecule has 0 radical (unpaired) electrons. The van der Waals surface area contributed by atoms with Gasteiger partial charge in [0.2, 0.25) is 6.41 Å². The number of carbonyl (C=O) groups excluding carboxylic acids is 1. The van der Waals surface area contributed by atoms with E-state index in [1.165, 1.54) is 77.0 Å². The van der Waals surface area contributed by atoms with Crippen LogP contribution in [0.1, 0.15) is 90.9 Å². The predicted octanol–water partition coefficient (Wildman–Crippen LogP) is 3.32. The van der Waals surface area contributed by atoms with Crippen LogP contribution >= 0.6 is 0 Å². The molecule has 1 rings (SSSR count). The van der Waals surface area contributed by atoms with Gasteiger partial charge in [-0.25, -0.2) is 0 Å². The first-order valence-electron chi connectivity index (χ1n) is 14.9. The van der Waals surface area contributed by atoms with Gasteiger partial charge in [-0.3, -0.25) is 9.69 Å². The molecule has 1 aliphatic rings. The Morgan fingerprint density at radius 2 is 1.20 bits per heavy atom. The van der Waals surface area contributed by atoms with Gasteiger partial charge in [0.25, 0.3) is 0 Å². The summed E-state index contributed by atoms with van der Waals surface area (Å²) >= 11 is 0. The zero-order valence-corrected chi connectivity index (χ0v) is 23.3. The second kappa shape index (κ2) is 23.7. The molecule has 3 N–H and O–H groups in total. The Morgan fingerprint density at radius 3 is 1.69 bits per heavy atom. The highest BCUT2D eigenvalue weighted by molar-refractivity contribution is 5.46. The minimum Gasteiger partial charge on any atom is -0.390 e. The standard InChI is InChI=1S/C28H59N5O2/c1-3-5-7-9-11-13-19-31(20-14-12-10-8-6-4-2)25-28(35)26-32-21-15-29-17-23-33(27-34)24-18-30-16-22-32/h27-30,35H,3-26H2,1-2H3. The van der Waals surface area contributed by atoms with Crippen molar-refractivity contribution in [2.24, 2.45) is 0 Å². The van der Waals surface area contributed by atoms with Crippen LogP contribution in [0.5, 0.6) is 0 Å². The lowest BCUT2D eigenvalue weighted by atomic mass is 10.1. The van der Waals surface area contributed by atoms with Crippen LogP contribution in [0.3, 0.4) is 0 Å². The third kappa shape index (κ3) is 19.1. The van der Waals surface area contributed by atoms with Crippen molar-refractivity contribution >= 4 is 6.41 Å². The first-order chi connectivity index (χ1) is 17.2. The van der Waals surface area contributed by atoms with E-state index >= 15 is 0 Å². The van der Waals surface area contributed by atoms with Gasteiger partial charge in [-0.15, -0.1) is 0 Å². The van der Waals surface area contributed by atoms with Gasteiger partial charge in [-0.2, -0.15) is 0 Å². The Kier molecular flexibility index (Phi) is 21.8. The summed E-state index contributed by atoms with van der Waals surface area (Å²) in [6, 6.07) is 0. The molecule has 35 heavy (non-hydrogen) atoms. The van der Waals surface area contributed by atoms with E-state index in [0.29, 0.717) is 0 Å². The Labute approximate surface area is 217 Å². The molecule has 1 aliphatic heterocycles. The molecule has 0 spiro atoms. The number of β-amino-alcohol motifs (C(OH)–C–C–N with tert-alkyl or cyclic N) is 1. The van der Waals surface area contributed by atoms with Gasteiger partial charge in [0.15, 0.2) is 0 Å². The zero-order chi connectivity index (χ0) is 25.4. The van der Waals surface area contributed by atoms with E-state index in [1.807, 2.05) is 4.90 Å². The van der Waals surface area contributed by atoms with E-state index in [2.05, 4.69) is 34.3 Å². The van der Waals surface area contributed by atoms with E-state index in [1.54, 1.807) is 0 Å². The summed E-state index contributed by atoms with van der Waals surface area (Å²) in [7, 11) is 0. The van der Waals surface area contributed by atoms with Gasteiger partial charge in [0, 0.05) is 65.4 Å².